The molecule has 118 valence electrons. The first-order valence-electron chi connectivity index (χ1n) is 6.99. The van der Waals surface area contributed by atoms with Crippen LogP contribution in [0.15, 0.2) is 6.07 Å². The number of ether oxygens (including phenoxy) is 1. The molecule has 0 saturated carbocycles. The number of rotatable bonds is 8. The van der Waals surface area contributed by atoms with Gasteiger partial charge in [-0.15, -0.1) is 0 Å². The molecular weight excluding hydrogens is 354 g/mol. The largest absolute Gasteiger partial charge is 0.462 e. The Hall–Kier alpha value is -0.150. The van der Waals surface area contributed by atoms with Crippen LogP contribution in [0, 0.1) is 0 Å². The molecule has 6 heteroatoms. The number of benzene rings is 1. The van der Waals surface area contributed by atoms with Crippen LogP contribution in [-0.2, 0) is 4.74 Å². The maximum atomic E-state index is 11.9. The van der Waals surface area contributed by atoms with Gasteiger partial charge in [-0.3, -0.25) is 0 Å². The third-order valence-electron chi connectivity index (χ3n) is 3.05. The molecule has 21 heavy (non-hydrogen) atoms. The Balaban J connectivity index is 2.46. The summed E-state index contributed by atoms with van der Waals surface area (Å²) in [6.45, 7) is 2.53. The van der Waals surface area contributed by atoms with Crippen molar-refractivity contribution in [1.29, 1.82) is 0 Å². The Morgan fingerprint density at radius 2 is 1.57 bits per heavy atom. The van der Waals surface area contributed by atoms with E-state index >= 15 is 0 Å². The maximum absolute atomic E-state index is 11.9. The van der Waals surface area contributed by atoms with Crippen LogP contribution in [0.2, 0.25) is 20.1 Å². The van der Waals surface area contributed by atoms with Crippen molar-refractivity contribution in [2.75, 3.05) is 6.61 Å². The van der Waals surface area contributed by atoms with Crippen molar-refractivity contribution in [2.24, 2.45) is 0 Å². The fraction of sp³-hybridized carbons (Fsp3) is 0.533. The normalized spacial score (nSPS) is 10.7. The van der Waals surface area contributed by atoms with Gasteiger partial charge in [-0.05, 0) is 12.5 Å². The minimum atomic E-state index is -0.533. The van der Waals surface area contributed by atoms with Crippen LogP contribution in [-0.4, -0.2) is 12.6 Å². The number of hydrogen-bond acceptors (Lipinski definition) is 2. The van der Waals surface area contributed by atoms with Gasteiger partial charge >= 0.3 is 5.97 Å². The lowest BCUT2D eigenvalue weighted by Gasteiger charge is -2.09. The van der Waals surface area contributed by atoms with E-state index in [1.165, 1.54) is 25.3 Å². The smallest absolute Gasteiger partial charge is 0.339 e. The van der Waals surface area contributed by atoms with Gasteiger partial charge in [-0.25, -0.2) is 4.79 Å². The molecule has 0 bridgehead atoms. The molecule has 0 amide bonds. The van der Waals surface area contributed by atoms with E-state index in [-0.39, 0.29) is 25.7 Å². The Morgan fingerprint density at radius 3 is 2.24 bits per heavy atom. The van der Waals surface area contributed by atoms with Gasteiger partial charge in [0, 0.05) is 0 Å². The van der Waals surface area contributed by atoms with Crippen LogP contribution in [0.25, 0.3) is 0 Å². The summed E-state index contributed by atoms with van der Waals surface area (Å²) in [5.41, 5.74) is 0.141. The zero-order valence-electron chi connectivity index (χ0n) is 11.9. The first-order valence-corrected chi connectivity index (χ1v) is 8.50. The van der Waals surface area contributed by atoms with Gasteiger partial charge in [0.15, 0.2) is 0 Å². The average molecular weight is 372 g/mol. The summed E-state index contributed by atoms with van der Waals surface area (Å²) in [5.74, 6) is -0.533. The molecule has 0 aliphatic carbocycles. The summed E-state index contributed by atoms with van der Waals surface area (Å²) in [7, 11) is 0. The van der Waals surface area contributed by atoms with E-state index in [4.69, 9.17) is 51.1 Å². The van der Waals surface area contributed by atoms with Crippen LogP contribution < -0.4 is 0 Å². The Labute approximate surface area is 145 Å². The third kappa shape index (κ3) is 5.86. The molecule has 0 fully saturated rings. The highest BCUT2D eigenvalue weighted by Gasteiger charge is 2.19. The SMILES string of the molecule is CCCCCCCCOC(=O)c1cc(Cl)c(Cl)c(Cl)c1Cl. The van der Waals surface area contributed by atoms with Gasteiger partial charge in [0.05, 0.1) is 32.3 Å². The van der Waals surface area contributed by atoms with Crippen molar-refractivity contribution in [2.45, 2.75) is 45.4 Å². The zero-order chi connectivity index (χ0) is 15.8. The molecule has 0 unspecified atom stereocenters. The number of esters is 1. The molecule has 0 N–H and O–H groups in total. The van der Waals surface area contributed by atoms with Crippen LogP contribution in [0.3, 0.4) is 0 Å². The van der Waals surface area contributed by atoms with Gasteiger partial charge < -0.3 is 4.74 Å². The summed E-state index contributed by atoms with van der Waals surface area (Å²) in [6, 6.07) is 1.38. The zero-order valence-corrected chi connectivity index (χ0v) is 14.9. The highest BCUT2D eigenvalue weighted by atomic mass is 35.5. The van der Waals surface area contributed by atoms with E-state index in [9.17, 15) is 4.79 Å². The van der Waals surface area contributed by atoms with Crippen molar-refractivity contribution in [3.8, 4) is 0 Å². The molecule has 1 aromatic carbocycles. The minimum absolute atomic E-state index is 0.0670. The Bertz CT molecular complexity index is 489. The van der Waals surface area contributed by atoms with Gasteiger partial charge in [-0.2, -0.15) is 0 Å². The highest BCUT2D eigenvalue weighted by Crippen LogP contribution is 2.38. The van der Waals surface area contributed by atoms with Crippen molar-refractivity contribution < 1.29 is 9.53 Å². The van der Waals surface area contributed by atoms with Gasteiger partial charge in [0.1, 0.15) is 0 Å². The summed E-state index contributed by atoms with van der Waals surface area (Å²) in [4.78, 5) is 11.9. The molecule has 0 atom stereocenters. The molecule has 0 aliphatic rings. The standard InChI is InChI=1S/C15H18Cl4O2/c1-2-3-4-5-6-7-8-21-15(20)10-9-11(16)13(18)14(19)12(10)17/h9H,2-8H2,1H3. The summed E-state index contributed by atoms with van der Waals surface area (Å²) < 4.78 is 5.18. The molecule has 0 heterocycles. The summed E-state index contributed by atoms with van der Waals surface area (Å²) >= 11 is 23.6. The molecule has 0 spiro atoms. The molecule has 1 aromatic rings. The third-order valence-corrected chi connectivity index (χ3v) is 4.81. The van der Waals surface area contributed by atoms with Gasteiger partial charge in [-0.1, -0.05) is 85.4 Å². The average Bonchev–Trinajstić information content (AvgIpc) is 2.47. The van der Waals surface area contributed by atoms with E-state index < -0.39 is 5.97 Å². The molecule has 0 saturated heterocycles. The lowest BCUT2D eigenvalue weighted by Crippen LogP contribution is -2.07. The van der Waals surface area contributed by atoms with Crippen molar-refractivity contribution >= 4 is 52.4 Å². The quantitative estimate of drug-likeness (QED) is 0.217. The number of carbonyl (C=O) groups excluding carboxylic acids is 1. The lowest BCUT2D eigenvalue weighted by molar-refractivity contribution is 0.0498. The van der Waals surface area contributed by atoms with E-state index in [1.54, 1.807) is 0 Å². The fourth-order valence-electron chi connectivity index (χ4n) is 1.85. The second kappa shape index (κ2) is 9.78. The van der Waals surface area contributed by atoms with E-state index in [0.717, 1.165) is 19.3 Å². The summed E-state index contributed by atoms with van der Waals surface area (Å²) in [5, 5.41) is 0.449. The van der Waals surface area contributed by atoms with Crippen LogP contribution in [0.1, 0.15) is 55.8 Å². The number of carbonyl (C=O) groups is 1. The molecule has 0 radical (unpaired) electrons. The number of halogens is 4. The lowest BCUT2D eigenvalue weighted by atomic mass is 10.1. The van der Waals surface area contributed by atoms with Crippen LogP contribution in [0.4, 0.5) is 0 Å². The Morgan fingerprint density at radius 1 is 0.952 bits per heavy atom. The molecule has 0 aromatic heterocycles. The number of unbranched alkanes of at least 4 members (excludes halogenated alkanes) is 5. The van der Waals surface area contributed by atoms with Crippen molar-refractivity contribution in [3.63, 3.8) is 0 Å². The topological polar surface area (TPSA) is 26.3 Å². The second-order valence-electron chi connectivity index (χ2n) is 4.75. The fourth-order valence-corrected chi connectivity index (χ4v) is 2.73. The second-order valence-corrected chi connectivity index (χ2v) is 6.29. The maximum Gasteiger partial charge on any atom is 0.339 e. The monoisotopic (exact) mass is 370 g/mol. The van der Waals surface area contributed by atoms with Crippen LogP contribution in [0.5, 0.6) is 0 Å². The summed E-state index contributed by atoms with van der Waals surface area (Å²) in [6.07, 6.45) is 6.72. The molecule has 1 rings (SSSR count). The van der Waals surface area contributed by atoms with Gasteiger partial charge in [0.2, 0.25) is 0 Å². The van der Waals surface area contributed by atoms with Gasteiger partial charge in [0.25, 0.3) is 0 Å². The Kier molecular flexibility index (Phi) is 8.80. The first-order chi connectivity index (χ1) is 9.99. The van der Waals surface area contributed by atoms with Crippen molar-refractivity contribution in [3.05, 3.63) is 31.7 Å². The van der Waals surface area contributed by atoms with Crippen molar-refractivity contribution in [1.82, 2.24) is 0 Å². The number of hydrogen-bond donors (Lipinski definition) is 0. The van der Waals surface area contributed by atoms with E-state index in [2.05, 4.69) is 6.92 Å². The molecule has 2 nitrogen and oxygen atoms in total. The highest BCUT2D eigenvalue weighted by molar-refractivity contribution is 6.52. The molecule has 0 aliphatic heterocycles. The van der Waals surface area contributed by atoms with Crippen LogP contribution >= 0.6 is 46.4 Å². The predicted molar refractivity (Wildman–Crippen MR) is 90.1 cm³/mol. The van der Waals surface area contributed by atoms with E-state index in [1.807, 2.05) is 0 Å². The minimum Gasteiger partial charge on any atom is -0.462 e. The predicted octanol–water partition coefficient (Wildman–Crippen LogP) is 6.82. The molecular formula is C15H18Cl4O2. The van der Waals surface area contributed by atoms with E-state index in [0.29, 0.717) is 6.61 Å². The first kappa shape index (κ1) is 18.9.